The molecule has 0 aliphatic heterocycles. The van der Waals surface area contributed by atoms with E-state index in [9.17, 15) is 0 Å². The zero-order valence-corrected chi connectivity index (χ0v) is 14.5. The van der Waals surface area contributed by atoms with Crippen molar-refractivity contribution in [2.24, 2.45) is 11.8 Å². The first-order valence-electron chi connectivity index (χ1n) is 10.1. The predicted octanol–water partition coefficient (Wildman–Crippen LogP) is 7.43. The molecule has 0 heterocycles. The maximum absolute atomic E-state index is 2.60. The number of hydrogen-bond donors (Lipinski definition) is 0. The van der Waals surface area contributed by atoms with Crippen molar-refractivity contribution >= 4 is 0 Å². The van der Waals surface area contributed by atoms with Crippen molar-refractivity contribution < 1.29 is 0 Å². The quantitative estimate of drug-likeness (QED) is 0.322. The normalized spacial score (nSPS) is 22.6. The van der Waals surface area contributed by atoms with E-state index in [1.54, 1.807) is 5.57 Å². The van der Waals surface area contributed by atoms with Gasteiger partial charge in [0, 0.05) is 0 Å². The van der Waals surface area contributed by atoms with E-state index in [1.807, 2.05) is 0 Å². The van der Waals surface area contributed by atoms with Gasteiger partial charge >= 0.3 is 0 Å². The lowest BCUT2D eigenvalue weighted by Crippen LogP contribution is -2.06. The van der Waals surface area contributed by atoms with Gasteiger partial charge in [-0.25, -0.2) is 0 Å². The zero-order valence-electron chi connectivity index (χ0n) is 14.5. The van der Waals surface area contributed by atoms with E-state index >= 15 is 0 Å². The molecule has 2 rings (SSSR count). The molecule has 122 valence electrons. The van der Waals surface area contributed by atoms with Crippen LogP contribution >= 0.6 is 0 Å². The van der Waals surface area contributed by atoms with E-state index < -0.39 is 0 Å². The average Bonchev–Trinajstić information content (AvgIpc) is 2.56. The smallest absolute Gasteiger partial charge is 0.0318 e. The van der Waals surface area contributed by atoms with Gasteiger partial charge in [-0.2, -0.15) is 0 Å². The molecule has 2 aliphatic rings. The molecule has 0 amide bonds. The Morgan fingerprint density at radius 3 is 1.95 bits per heavy atom. The van der Waals surface area contributed by atoms with Crippen LogP contribution in [0.4, 0.5) is 0 Å². The molecular weight excluding hydrogens is 252 g/mol. The highest BCUT2D eigenvalue weighted by atomic mass is 14.2. The summed E-state index contributed by atoms with van der Waals surface area (Å²) in [7, 11) is 0. The molecule has 21 heavy (non-hydrogen) atoms. The van der Waals surface area contributed by atoms with Crippen LogP contribution in [-0.2, 0) is 0 Å². The Morgan fingerprint density at radius 1 is 0.810 bits per heavy atom. The highest BCUT2D eigenvalue weighted by Gasteiger charge is 2.14. The van der Waals surface area contributed by atoms with Crippen LogP contribution < -0.4 is 0 Å². The first kappa shape index (κ1) is 17.1. The summed E-state index contributed by atoms with van der Waals surface area (Å²) in [6, 6.07) is 0. The van der Waals surface area contributed by atoms with Gasteiger partial charge in [0.15, 0.2) is 0 Å². The Balaban J connectivity index is 1.58. The van der Waals surface area contributed by atoms with Crippen LogP contribution in [-0.4, -0.2) is 0 Å². The molecule has 0 radical (unpaired) electrons. The van der Waals surface area contributed by atoms with E-state index in [0.717, 1.165) is 11.8 Å². The number of allylic oxidation sites excluding steroid dienone is 2. The molecule has 0 N–H and O–H groups in total. The Hall–Kier alpha value is -0.260. The van der Waals surface area contributed by atoms with Crippen molar-refractivity contribution in [3.8, 4) is 0 Å². The van der Waals surface area contributed by atoms with Crippen LogP contribution in [0.1, 0.15) is 110 Å². The lowest BCUT2D eigenvalue weighted by Gasteiger charge is -2.22. The van der Waals surface area contributed by atoms with Gasteiger partial charge in [0.05, 0.1) is 0 Å². The number of hydrogen-bond acceptors (Lipinski definition) is 0. The molecule has 0 spiro atoms. The summed E-state index contributed by atoms with van der Waals surface area (Å²) in [5.41, 5.74) is 1.75. The topological polar surface area (TPSA) is 0 Å². The van der Waals surface area contributed by atoms with E-state index in [-0.39, 0.29) is 0 Å². The summed E-state index contributed by atoms with van der Waals surface area (Å²) in [5.74, 6) is 2.12. The second-order valence-corrected chi connectivity index (χ2v) is 7.69. The van der Waals surface area contributed by atoms with E-state index in [1.165, 1.54) is 103 Å². The van der Waals surface area contributed by atoms with Gasteiger partial charge < -0.3 is 0 Å². The predicted molar refractivity (Wildman–Crippen MR) is 94.6 cm³/mol. The monoisotopic (exact) mass is 290 g/mol. The summed E-state index contributed by atoms with van der Waals surface area (Å²) in [5, 5.41) is 0. The molecule has 0 bridgehead atoms. The van der Waals surface area contributed by atoms with Gasteiger partial charge in [-0.15, -0.1) is 0 Å². The molecule has 0 saturated heterocycles. The van der Waals surface area contributed by atoms with Crippen LogP contribution in [0.5, 0.6) is 0 Å². The largest absolute Gasteiger partial charge is 0.0853 e. The third kappa shape index (κ3) is 7.02. The summed E-state index contributed by atoms with van der Waals surface area (Å²) in [4.78, 5) is 0. The molecule has 0 heteroatoms. The Labute approximate surface area is 133 Å². The molecule has 0 aromatic rings. The van der Waals surface area contributed by atoms with E-state index in [4.69, 9.17) is 0 Å². The average molecular weight is 291 g/mol. The maximum Gasteiger partial charge on any atom is -0.0318 e. The molecule has 0 atom stereocenters. The molecule has 0 aromatic carbocycles. The van der Waals surface area contributed by atoms with Crippen molar-refractivity contribution in [1.82, 2.24) is 0 Å². The first-order chi connectivity index (χ1) is 10.4. The van der Waals surface area contributed by atoms with Gasteiger partial charge in [0.2, 0.25) is 0 Å². The summed E-state index contributed by atoms with van der Waals surface area (Å²) in [6.45, 7) is 2.35. The zero-order chi connectivity index (χ0) is 14.8. The van der Waals surface area contributed by atoms with Crippen LogP contribution in [0.2, 0.25) is 0 Å². The first-order valence-corrected chi connectivity index (χ1v) is 10.1. The van der Waals surface area contributed by atoms with Crippen molar-refractivity contribution in [2.45, 2.75) is 110 Å². The lowest BCUT2D eigenvalue weighted by atomic mass is 9.84. The second-order valence-electron chi connectivity index (χ2n) is 7.69. The summed E-state index contributed by atoms with van der Waals surface area (Å²) in [6.07, 6.45) is 26.1. The van der Waals surface area contributed by atoms with E-state index in [2.05, 4.69) is 13.0 Å². The van der Waals surface area contributed by atoms with Crippen LogP contribution in [0, 0.1) is 11.8 Å². The minimum atomic E-state index is 1.05. The molecule has 2 aliphatic carbocycles. The molecule has 2 fully saturated rings. The fraction of sp³-hybridized carbons (Fsp3) is 0.905. The van der Waals surface area contributed by atoms with Gasteiger partial charge in [-0.3, -0.25) is 0 Å². The summed E-state index contributed by atoms with van der Waals surface area (Å²) >= 11 is 0. The molecular formula is C21H38. The van der Waals surface area contributed by atoms with Crippen LogP contribution in [0.3, 0.4) is 0 Å². The van der Waals surface area contributed by atoms with Crippen molar-refractivity contribution in [3.63, 3.8) is 0 Å². The highest BCUT2D eigenvalue weighted by Crippen LogP contribution is 2.30. The fourth-order valence-corrected chi connectivity index (χ4v) is 4.48. The highest BCUT2D eigenvalue weighted by molar-refractivity contribution is 5.01. The fourth-order valence-electron chi connectivity index (χ4n) is 4.48. The minimum absolute atomic E-state index is 1.05. The van der Waals surface area contributed by atoms with Gasteiger partial charge in [0.25, 0.3) is 0 Å². The standard InChI is InChI=1S/C21H38/c1-2-19(17-18-21-14-7-4-8-15-21)11-9-10-16-20-12-5-3-6-13-20/h11,20-21H,2-10,12-18H2,1H3. The van der Waals surface area contributed by atoms with Crippen molar-refractivity contribution in [3.05, 3.63) is 11.6 Å². The van der Waals surface area contributed by atoms with Gasteiger partial charge in [-0.05, 0) is 43.9 Å². The van der Waals surface area contributed by atoms with Crippen LogP contribution in [0.15, 0.2) is 11.6 Å². The Bertz CT molecular complexity index is 276. The lowest BCUT2D eigenvalue weighted by molar-refractivity contribution is 0.332. The summed E-state index contributed by atoms with van der Waals surface area (Å²) < 4.78 is 0. The Kier molecular flexibility index (Phi) is 8.52. The SMILES string of the molecule is CCC(=CCCCC1CCCCC1)CCC1CCCCC1. The van der Waals surface area contributed by atoms with Crippen molar-refractivity contribution in [1.29, 1.82) is 0 Å². The van der Waals surface area contributed by atoms with Gasteiger partial charge in [-0.1, -0.05) is 89.2 Å². The molecule has 0 unspecified atom stereocenters. The molecule has 0 aromatic heterocycles. The van der Waals surface area contributed by atoms with E-state index in [0.29, 0.717) is 0 Å². The Morgan fingerprint density at radius 2 is 1.38 bits per heavy atom. The number of rotatable bonds is 8. The minimum Gasteiger partial charge on any atom is -0.0853 e. The van der Waals surface area contributed by atoms with Crippen molar-refractivity contribution in [2.75, 3.05) is 0 Å². The third-order valence-electron chi connectivity index (χ3n) is 6.03. The third-order valence-corrected chi connectivity index (χ3v) is 6.03. The second kappa shape index (κ2) is 10.5. The molecule has 2 saturated carbocycles. The number of unbranched alkanes of at least 4 members (excludes halogenated alkanes) is 1. The van der Waals surface area contributed by atoms with Crippen LogP contribution in [0.25, 0.3) is 0 Å². The maximum atomic E-state index is 2.60. The molecule has 0 nitrogen and oxygen atoms in total. The van der Waals surface area contributed by atoms with Gasteiger partial charge in [0.1, 0.15) is 0 Å².